The van der Waals surface area contributed by atoms with Crippen LogP contribution in [0.1, 0.15) is 26.6 Å². The Balaban J connectivity index is 1.37. The van der Waals surface area contributed by atoms with Crippen molar-refractivity contribution >= 4 is 45.3 Å². The molecule has 0 saturated carbocycles. The molecule has 0 bridgehead atoms. The van der Waals surface area contributed by atoms with Gasteiger partial charge in [-0.25, -0.2) is 19.2 Å². The number of carbonyl (C=O) groups excluding carboxylic acids is 1. The molecular weight excluding hydrogens is 475 g/mol. The van der Waals surface area contributed by atoms with Gasteiger partial charge in [0.2, 0.25) is 0 Å². The summed E-state index contributed by atoms with van der Waals surface area (Å²) in [4.78, 5) is 14.2. The Morgan fingerprint density at radius 2 is 1.71 bits per heavy atom. The van der Waals surface area contributed by atoms with Crippen molar-refractivity contribution in [3.63, 3.8) is 0 Å². The number of thiophene rings is 1. The normalized spacial score (nSPS) is 11.5. The summed E-state index contributed by atoms with van der Waals surface area (Å²) in [5, 5.41) is 14.3. The number of hydrazone groups is 1. The molecular formula is C24H18ClFN6OS. The smallest absolute Gasteiger partial charge is 0.266 e. The lowest BCUT2D eigenvalue weighted by Gasteiger charge is -2.02. The Kier molecular flexibility index (Phi) is 5.72. The molecule has 5 rings (SSSR count). The number of hydrogen-bond acceptors (Lipinski definition) is 5. The number of aryl methyl sites for hydroxylation is 2. The van der Waals surface area contributed by atoms with E-state index in [1.807, 2.05) is 48.0 Å². The molecule has 0 fully saturated rings. The van der Waals surface area contributed by atoms with Crippen molar-refractivity contribution in [2.75, 3.05) is 0 Å². The van der Waals surface area contributed by atoms with E-state index in [1.165, 1.54) is 34.4 Å². The summed E-state index contributed by atoms with van der Waals surface area (Å²) in [6, 6.07) is 17.4. The van der Waals surface area contributed by atoms with Gasteiger partial charge in [-0.05, 0) is 56.3 Å². The predicted molar refractivity (Wildman–Crippen MR) is 132 cm³/mol. The third-order valence-corrected chi connectivity index (χ3v) is 6.72. The van der Waals surface area contributed by atoms with Crippen molar-refractivity contribution in [1.82, 2.24) is 25.0 Å². The standard InChI is InChI=1S/C24H18ClFN6OS/c1-14-19-12-21(34-24(19)32(30-14)17-6-4-3-5-7-17)23(33)28-27-13-20-15(2)29-31(22(20)25)18-10-8-16(26)9-11-18/h3-13H,1-2H3,(H,28,33). The molecule has 0 aliphatic heterocycles. The highest BCUT2D eigenvalue weighted by atomic mass is 35.5. The molecule has 1 N–H and O–H groups in total. The highest BCUT2D eigenvalue weighted by molar-refractivity contribution is 7.20. The molecule has 1 amide bonds. The second kappa shape index (κ2) is 8.85. The molecule has 7 nitrogen and oxygen atoms in total. The van der Waals surface area contributed by atoms with E-state index in [1.54, 1.807) is 19.1 Å². The second-order valence-electron chi connectivity index (χ2n) is 7.54. The van der Waals surface area contributed by atoms with E-state index in [-0.39, 0.29) is 11.7 Å². The number of amides is 1. The fraction of sp³-hybridized carbons (Fsp3) is 0.0833. The van der Waals surface area contributed by atoms with E-state index < -0.39 is 0 Å². The number of rotatable bonds is 5. The van der Waals surface area contributed by atoms with E-state index in [2.05, 4.69) is 20.7 Å². The quantitative estimate of drug-likeness (QED) is 0.262. The van der Waals surface area contributed by atoms with Crippen molar-refractivity contribution < 1.29 is 9.18 Å². The highest BCUT2D eigenvalue weighted by Gasteiger charge is 2.17. The molecule has 170 valence electrons. The van der Waals surface area contributed by atoms with Crippen LogP contribution in [0.5, 0.6) is 0 Å². The molecule has 3 heterocycles. The summed E-state index contributed by atoms with van der Waals surface area (Å²) < 4.78 is 16.5. The van der Waals surface area contributed by atoms with Crippen LogP contribution in [0.25, 0.3) is 21.6 Å². The zero-order valence-electron chi connectivity index (χ0n) is 18.2. The molecule has 0 saturated heterocycles. The number of para-hydroxylation sites is 1. The molecule has 0 radical (unpaired) electrons. The van der Waals surface area contributed by atoms with E-state index in [4.69, 9.17) is 11.6 Å². The molecule has 0 aliphatic rings. The number of benzene rings is 2. The van der Waals surface area contributed by atoms with Gasteiger partial charge in [0, 0.05) is 5.39 Å². The Morgan fingerprint density at radius 3 is 2.44 bits per heavy atom. The fourth-order valence-electron chi connectivity index (χ4n) is 3.53. The SMILES string of the molecule is Cc1nn(-c2ccc(F)cc2)c(Cl)c1C=NNC(=O)c1cc2c(C)nn(-c3ccccc3)c2s1. The topological polar surface area (TPSA) is 77.1 Å². The largest absolute Gasteiger partial charge is 0.281 e. The van der Waals surface area contributed by atoms with Gasteiger partial charge in [-0.2, -0.15) is 15.3 Å². The Labute approximate surface area is 203 Å². The van der Waals surface area contributed by atoms with Gasteiger partial charge in [0.25, 0.3) is 5.91 Å². The molecule has 34 heavy (non-hydrogen) atoms. The Hall–Kier alpha value is -3.82. The average Bonchev–Trinajstić information content (AvgIpc) is 3.49. The summed E-state index contributed by atoms with van der Waals surface area (Å²) in [5.41, 5.74) is 6.11. The van der Waals surface area contributed by atoms with Crippen LogP contribution in [0, 0.1) is 19.7 Å². The monoisotopic (exact) mass is 492 g/mol. The van der Waals surface area contributed by atoms with Gasteiger partial charge in [0.1, 0.15) is 15.8 Å². The third kappa shape index (κ3) is 4.00. The van der Waals surface area contributed by atoms with Crippen LogP contribution in [0.4, 0.5) is 4.39 Å². The summed E-state index contributed by atoms with van der Waals surface area (Å²) >= 11 is 7.81. The first-order chi connectivity index (χ1) is 16.4. The summed E-state index contributed by atoms with van der Waals surface area (Å²) in [6.07, 6.45) is 1.45. The molecule has 0 unspecified atom stereocenters. The van der Waals surface area contributed by atoms with Crippen molar-refractivity contribution in [1.29, 1.82) is 0 Å². The maximum absolute atomic E-state index is 13.2. The van der Waals surface area contributed by atoms with E-state index >= 15 is 0 Å². The van der Waals surface area contributed by atoms with Gasteiger partial charge >= 0.3 is 0 Å². The van der Waals surface area contributed by atoms with Gasteiger partial charge < -0.3 is 0 Å². The number of hydrogen-bond donors (Lipinski definition) is 1. The van der Waals surface area contributed by atoms with Crippen molar-refractivity contribution in [2.24, 2.45) is 5.10 Å². The van der Waals surface area contributed by atoms with Crippen LogP contribution < -0.4 is 5.43 Å². The minimum Gasteiger partial charge on any atom is -0.266 e. The van der Waals surface area contributed by atoms with Crippen molar-refractivity contribution in [2.45, 2.75) is 13.8 Å². The van der Waals surface area contributed by atoms with Crippen LogP contribution >= 0.6 is 22.9 Å². The number of aromatic nitrogens is 4. The van der Waals surface area contributed by atoms with Crippen molar-refractivity contribution in [3.05, 3.63) is 93.5 Å². The first-order valence-corrected chi connectivity index (χ1v) is 11.5. The second-order valence-corrected chi connectivity index (χ2v) is 8.93. The first-order valence-electron chi connectivity index (χ1n) is 10.3. The lowest BCUT2D eigenvalue weighted by molar-refractivity contribution is 0.0959. The minimum atomic E-state index is -0.346. The third-order valence-electron chi connectivity index (χ3n) is 5.25. The maximum Gasteiger partial charge on any atom is 0.281 e. The first kappa shape index (κ1) is 22.0. The minimum absolute atomic E-state index is 0.308. The van der Waals surface area contributed by atoms with Gasteiger partial charge in [0.15, 0.2) is 0 Å². The molecule has 0 atom stereocenters. The van der Waals surface area contributed by atoms with E-state index in [0.29, 0.717) is 27.0 Å². The Bertz CT molecular complexity index is 1540. The summed E-state index contributed by atoms with van der Waals surface area (Å²) in [6.45, 7) is 3.69. The van der Waals surface area contributed by atoms with Gasteiger partial charge in [0.05, 0.1) is 39.4 Å². The summed E-state index contributed by atoms with van der Waals surface area (Å²) in [7, 11) is 0. The zero-order valence-corrected chi connectivity index (χ0v) is 19.7. The highest BCUT2D eigenvalue weighted by Crippen LogP contribution is 2.30. The number of carbonyl (C=O) groups is 1. The number of halogens is 2. The fourth-order valence-corrected chi connectivity index (χ4v) is 4.92. The average molecular weight is 493 g/mol. The molecule has 2 aromatic carbocycles. The lowest BCUT2D eigenvalue weighted by atomic mass is 10.3. The van der Waals surface area contributed by atoms with E-state index in [0.717, 1.165) is 21.6 Å². The van der Waals surface area contributed by atoms with Crippen molar-refractivity contribution in [3.8, 4) is 11.4 Å². The zero-order chi connectivity index (χ0) is 23.8. The van der Waals surface area contributed by atoms with E-state index in [9.17, 15) is 9.18 Å². The van der Waals surface area contributed by atoms with Gasteiger partial charge in [-0.1, -0.05) is 29.8 Å². The van der Waals surface area contributed by atoms with Crippen LogP contribution in [0.15, 0.2) is 65.8 Å². The van der Waals surface area contributed by atoms with Crippen LogP contribution in [0.3, 0.4) is 0 Å². The van der Waals surface area contributed by atoms with Gasteiger partial charge in [-0.3, -0.25) is 4.79 Å². The van der Waals surface area contributed by atoms with Gasteiger partial charge in [-0.15, -0.1) is 11.3 Å². The lowest BCUT2D eigenvalue weighted by Crippen LogP contribution is -2.16. The number of fused-ring (bicyclic) bond motifs is 1. The molecule has 10 heteroatoms. The molecule has 0 aliphatic carbocycles. The number of nitrogens with zero attached hydrogens (tertiary/aromatic N) is 5. The number of nitrogens with one attached hydrogen (secondary N) is 1. The Morgan fingerprint density at radius 1 is 1.03 bits per heavy atom. The summed E-state index contributed by atoms with van der Waals surface area (Å²) in [5.74, 6) is -0.683. The van der Waals surface area contributed by atoms with Crippen LogP contribution in [-0.2, 0) is 0 Å². The molecule has 3 aromatic heterocycles. The molecule has 0 spiro atoms. The van der Waals surface area contributed by atoms with Crippen LogP contribution in [-0.4, -0.2) is 31.7 Å². The predicted octanol–water partition coefficient (Wildman–Crippen LogP) is 5.45. The maximum atomic E-state index is 13.2. The van der Waals surface area contributed by atoms with Crippen LogP contribution in [0.2, 0.25) is 5.15 Å². The molecule has 5 aromatic rings.